The van der Waals surface area contributed by atoms with Gasteiger partial charge in [0.25, 0.3) is 0 Å². The van der Waals surface area contributed by atoms with Crippen molar-refractivity contribution in [3.05, 3.63) is 29.6 Å². The van der Waals surface area contributed by atoms with E-state index in [0.29, 0.717) is 17.4 Å². The largest absolute Gasteiger partial charge is 0.389 e. The molecule has 0 bridgehead atoms. The van der Waals surface area contributed by atoms with E-state index in [1.165, 1.54) is 12.1 Å². The van der Waals surface area contributed by atoms with Crippen LogP contribution in [0.2, 0.25) is 0 Å². The van der Waals surface area contributed by atoms with E-state index in [9.17, 15) is 4.39 Å². The number of benzene rings is 1. The van der Waals surface area contributed by atoms with Crippen LogP contribution in [-0.4, -0.2) is 18.1 Å². The van der Waals surface area contributed by atoms with Gasteiger partial charge >= 0.3 is 0 Å². The Balaban J connectivity index is 3.16. The Labute approximate surface area is 120 Å². The molecule has 0 saturated heterocycles. The van der Waals surface area contributed by atoms with Crippen LogP contribution in [-0.2, 0) is 0 Å². The van der Waals surface area contributed by atoms with Gasteiger partial charge in [-0.3, -0.25) is 0 Å². The maximum Gasteiger partial charge on any atom is 0.124 e. The summed E-state index contributed by atoms with van der Waals surface area (Å²) in [4.78, 5) is 2.48. The topological polar surface area (TPSA) is 29.3 Å². The fourth-order valence-electron chi connectivity index (χ4n) is 2.13. The fraction of sp³-hybridized carbons (Fsp3) is 0.533. The number of anilines is 1. The molecule has 106 valence electrons. The lowest BCUT2D eigenvalue weighted by Crippen LogP contribution is -2.33. The molecule has 0 aliphatic rings. The van der Waals surface area contributed by atoms with Crippen molar-refractivity contribution in [2.75, 3.05) is 18.0 Å². The van der Waals surface area contributed by atoms with Crippen LogP contribution in [0.15, 0.2) is 18.2 Å². The van der Waals surface area contributed by atoms with Gasteiger partial charge in [-0.15, -0.1) is 0 Å². The first-order valence-corrected chi connectivity index (χ1v) is 7.06. The van der Waals surface area contributed by atoms with E-state index in [4.69, 9.17) is 18.0 Å². The number of nitrogens with two attached hydrogens (primary N) is 1. The molecule has 0 fully saturated rings. The van der Waals surface area contributed by atoms with E-state index >= 15 is 0 Å². The molecule has 1 aromatic rings. The molecule has 19 heavy (non-hydrogen) atoms. The molecule has 0 aliphatic carbocycles. The molecule has 0 aromatic heterocycles. The van der Waals surface area contributed by atoms with Gasteiger partial charge in [-0.05, 0) is 30.0 Å². The summed E-state index contributed by atoms with van der Waals surface area (Å²) in [5, 5.41) is 0. The molecule has 0 amide bonds. The van der Waals surface area contributed by atoms with Crippen LogP contribution in [0.4, 0.5) is 10.1 Å². The quantitative estimate of drug-likeness (QED) is 0.809. The summed E-state index contributed by atoms with van der Waals surface area (Å²) in [6.45, 7) is 10.5. The van der Waals surface area contributed by atoms with Crippen molar-refractivity contribution < 1.29 is 4.39 Å². The molecule has 0 heterocycles. The average molecular weight is 282 g/mol. The molecule has 2 nitrogen and oxygen atoms in total. The molecular formula is C15H23FN2S. The first-order chi connectivity index (χ1) is 8.81. The molecule has 2 N–H and O–H groups in total. The molecule has 1 rings (SSSR count). The maximum atomic E-state index is 13.4. The molecule has 0 atom stereocenters. The molecule has 4 heteroatoms. The summed E-state index contributed by atoms with van der Waals surface area (Å²) in [6.07, 6.45) is 0. The van der Waals surface area contributed by atoms with Crippen molar-refractivity contribution in [1.29, 1.82) is 0 Å². The van der Waals surface area contributed by atoms with Crippen molar-refractivity contribution >= 4 is 22.9 Å². The molecule has 0 saturated carbocycles. The average Bonchev–Trinajstić information content (AvgIpc) is 2.26. The number of hydrogen-bond acceptors (Lipinski definition) is 2. The summed E-state index contributed by atoms with van der Waals surface area (Å²) < 4.78 is 13.4. The predicted molar refractivity (Wildman–Crippen MR) is 84.2 cm³/mol. The molecular weight excluding hydrogens is 259 g/mol. The number of rotatable bonds is 6. The van der Waals surface area contributed by atoms with E-state index in [2.05, 4.69) is 32.6 Å². The van der Waals surface area contributed by atoms with Crippen LogP contribution in [0.3, 0.4) is 0 Å². The van der Waals surface area contributed by atoms with E-state index in [1.807, 2.05) is 0 Å². The second kappa shape index (κ2) is 6.85. The summed E-state index contributed by atoms with van der Waals surface area (Å²) in [7, 11) is 0. The highest BCUT2D eigenvalue weighted by Crippen LogP contribution is 2.24. The van der Waals surface area contributed by atoms with Crippen LogP contribution in [0.25, 0.3) is 0 Å². The third-order valence-corrected chi connectivity index (χ3v) is 2.96. The van der Waals surface area contributed by atoms with Crippen molar-refractivity contribution in [3.8, 4) is 0 Å². The third-order valence-electron chi connectivity index (χ3n) is 2.74. The number of nitrogens with zero attached hydrogens (tertiary/aromatic N) is 1. The Hall–Kier alpha value is -1.16. The predicted octanol–water partition coefficient (Wildman–Crippen LogP) is 3.58. The Morgan fingerprint density at radius 2 is 1.74 bits per heavy atom. The molecule has 1 aromatic carbocycles. The zero-order chi connectivity index (χ0) is 14.6. The third kappa shape index (κ3) is 4.78. The summed E-state index contributed by atoms with van der Waals surface area (Å²) in [5.74, 6) is 0.728. The van der Waals surface area contributed by atoms with Crippen LogP contribution < -0.4 is 10.6 Å². The lowest BCUT2D eigenvalue weighted by molar-refractivity contribution is 0.552. The lowest BCUT2D eigenvalue weighted by Gasteiger charge is -2.30. The van der Waals surface area contributed by atoms with Crippen LogP contribution in [0, 0.1) is 17.7 Å². The van der Waals surface area contributed by atoms with Gasteiger partial charge in [0.05, 0.1) is 0 Å². The molecule has 0 spiro atoms. The molecule has 0 aliphatic heterocycles. The Bertz CT molecular complexity index is 434. The molecule has 0 unspecified atom stereocenters. The van der Waals surface area contributed by atoms with Crippen LogP contribution in [0.5, 0.6) is 0 Å². The maximum absolute atomic E-state index is 13.4. The van der Waals surface area contributed by atoms with Gasteiger partial charge in [-0.1, -0.05) is 39.9 Å². The Morgan fingerprint density at radius 3 is 2.16 bits per heavy atom. The van der Waals surface area contributed by atoms with Gasteiger partial charge in [0.1, 0.15) is 10.8 Å². The normalized spacial score (nSPS) is 11.1. The van der Waals surface area contributed by atoms with E-state index < -0.39 is 0 Å². The Kier molecular flexibility index (Phi) is 5.73. The molecule has 0 radical (unpaired) electrons. The van der Waals surface area contributed by atoms with Gasteiger partial charge < -0.3 is 10.6 Å². The fourth-order valence-corrected chi connectivity index (χ4v) is 2.30. The summed E-state index contributed by atoms with van der Waals surface area (Å²) >= 11 is 5.04. The van der Waals surface area contributed by atoms with Gasteiger partial charge in [0.15, 0.2) is 0 Å². The number of hydrogen-bond donors (Lipinski definition) is 1. The second-order valence-electron chi connectivity index (χ2n) is 5.72. The first-order valence-electron chi connectivity index (χ1n) is 6.65. The summed E-state index contributed by atoms with van der Waals surface area (Å²) in [5.41, 5.74) is 7.27. The first kappa shape index (κ1) is 15.9. The van der Waals surface area contributed by atoms with Gasteiger partial charge in [0, 0.05) is 24.3 Å². The SMILES string of the molecule is CC(C)CN(CC(C)C)c1ccc(F)cc1C(N)=S. The lowest BCUT2D eigenvalue weighted by atomic mass is 10.1. The minimum atomic E-state index is -0.305. The van der Waals surface area contributed by atoms with E-state index in [1.54, 1.807) is 6.07 Å². The van der Waals surface area contributed by atoms with Gasteiger partial charge in [-0.2, -0.15) is 0 Å². The highest BCUT2D eigenvalue weighted by atomic mass is 32.1. The standard InChI is InChI=1S/C15H23FN2S/c1-10(2)8-18(9-11(3)4)14-6-5-12(16)7-13(14)15(17)19/h5-7,10-11H,8-9H2,1-4H3,(H2,17,19). The van der Waals surface area contributed by atoms with Crippen molar-refractivity contribution in [1.82, 2.24) is 0 Å². The van der Waals surface area contributed by atoms with Gasteiger partial charge in [0.2, 0.25) is 0 Å². The smallest absolute Gasteiger partial charge is 0.124 e. The van der Waals surface area contributed by atoms with Crippen molar-refractivity contribution in [2.24, 2.45) is 17.6 Å². The monoisotopic (exact) mass is 282 g/mol. The van der Waals surface area contributed by atoms with Gasteiger partial charge in [-0.25, -0.2) is 4.39 Å². The summed E-state index contributed by atoms with van der Waals surface area (Å²) in [6, 6.07) is 4.66. The Morgan fingerprint density at radius 1 is 1.21 bits per heavy atom. The number of halogens is 1. The van der Waals surface area contributed by atoms with Crippen molar-refractivity contribution in [2.45, 2.75) is 27.7 Å². The minimum absolute atomic E-state index is 0.243. The van der Waals surface area contributed by atoms with E-state index in [-0.39, 0.29) is 10.8 Å². The highest BCUT2D eigenvalue weighted by molar-refractivity contribution is 7.80. The zero-order valence-electron chi connectivity index (χ0n) is 12.1. The van der Waals surface area contributed by atoms with Crippen LogP contribution >= 0.6 is 12.2 Å². The van der Waals surface area contributed by atoms with Crippen molar-refractivity contribution in [3.63, 3.8) is 0 Å². The highest BCUT2D eigenvalue weighted by Gasteiger charge is 2.16. The second-order valence-corrected chi connectivity index (χ2v) is 6.16. The van der Waals surface area contributed by atoms with E-state index in [0.717, 1.165) is 18.8 Å². The van der Waals surface area contributed by atoms with Crippen LogP contribution in [0.1, 0.15) is 33.3 Å². The minimum Gasteiger partial charge on any atom is -0.389 e. The number of thiocarbonyl (C=S) groups is 1. The zero-order valence-corrected chi connectivity index (χ0v) is 12.9.